The Bertz CT molecular complexity index is 637. The van der Waals surface area contributed by atoms with Crippen molar-refractivity contribution >= 4 is 28.3 Å². The van der Waals surface area contributed by atoms with Crippen LogP contribution in [0.25, 0.3) is 0 Å². The molecule has 0 nitrogen and oxygen atoms in total. The fraction of sp³-hybridized carbons (Fsp3) is 0.688. The molecule has 0 bridgehead atoms. The van der Waals surface area contributed by atoms with Gasteiger partial charge < -0.3 is 0 Å². The number of rotatable bonds is 14. The highest BCUT2D eigenvalue weighted by Gasteiger charge is 2.28. The maximum Gasteiger partial charge on any atom is 0.298 e. The minimum absolute atomic E-state index is 0.635. The van der Waals surface area contributed by atoms with Gasteiger partial charge in [0.05, 0.1) is 0 Å². The van der Waals surface area contributed by atoms with E-state index in [2.05, 4.69) is 125 Å². The summed E-state index contributed by atoms with van der Waals surface area (Å²) in [6.45, 7) is 30.0. The Hall–Kier alpha value is -0.235. The first-order valence-electron chi connectivity index (χ1n) is 14.3. The highest BCUT2D eigenvalue weighted by molar-refractivity contribution is 6.66. The summed E-state index contributed by atoms with van der Waals surface area (Å²) in [4.78, 5) is 0. The molecule has 0 N–H and O–H groups in total. The highest BCUT2D eigenvalue weighted by Crippen LogP contribution is 2.29. The van der Waals surface area contributed by atoms with E-state index < -0.39 is 28.3 Å². The molecule has 1 rings (SSSR count). The van der Waals surface area contributed by atoms with Crippen molar-refractivity contribution in [3.8, 4) is 0 Å². The molecule has 192 valence electrons. The van der Waals surface area contributed by atoms with E-state index in [1.165, 1.54) is 33.1 Å². The van der Waals surface area contributed by atoms with Gasteiger partial charge in [-0.2, -0.15) is 0 Å². The molecule has 0 heterocycles. The van der Waals surface area contributed by atoms with E-state index in [4.69, 9.17) is 0 Å². The second kappa shape index (κ2) is 19.0. The summed E-state index contributed by atoms with van der Waals surface area (Å²) in [5.41, 5.74) is 1.48. The molecule has 0 aromatic heterocycles. The van der Waals surface area contributed by atoms with Crippen LogP contribution in [0.15, 0.2) is 53.5 Å². The molecular weight excluding hydrogens is 438 g/mol. The van der Waals surface area contributed by atoms with Crippen molar-refractivity contribution in [1.29, 1.82) is 0 Å². The van der Waals surface area contributed by atoms with Crippen LogP contribution in [0.2, 0.25) is 21.1 Å². The van der Waals surface area contributed by atoms with E-state index in [9.17, 15) is 0 Å². The van der Waals surface area contributed by atoms with Crippen molar-refractivity contribution < 1.29 is 0 Å². The summed E-state index contributed by atoms with van der Waals surface area (Å²) in [5, 5.41) is 5.81. The summed E-state index contributed by atoms with van der Waals surface area (Å²) in [6.07, 6.45) is 6.04. The van der Waals surface area contributed by atoms with E-state index in [1.54, 1.807) is 4.44 Å². The zero-order valence-electron chi connectivity index (χ0n) is 24.9. The van der Waals surface area contributed by atoms with Crippen molar-refractivity contribution in [3.63, 3.8) is 0 Å². The lowest BCUT2D eigenvalue weighted by atomic mass is 10.1. The lowest BCUT2D eigenvalue weighted by Gasteiger charge is -2.24. The molecule has 0 radical (unpaired) electrons. The molecule has 0 spiro atoms. The minimum atomic E-state index is -0.809. The topological polar surface area (TPSA) is 0 Å². The molecule has 0 saturated heterocycles. The number of hydrogen-bond acceptors (Lipinski definition) is 0. The molecule has 1 aromatic carbocycles. The summed E-state index contributed by atoms with van der Waals surface area (Å²) >= 11 is -1.46. The average molecular weight is 497 g/mol. The van der Waals surface area contributed by atoms with Crippen LogP contribution in [0.5, 0.6) is 0 Å². The molecule has 2 unspecified atom stereocenters. The van der Waals surface area contributed by atoms with Gasteiger partial charge in [0.15, 0.2) is 0 Å². The Balaban J connectivity index is 0.000000646. The second-order valence-corrected chi connectivity index (χ2v) is 18.9. The standard InChI is InChI=1S/C9H9.C7H13.4C4H9.2Al/c1-2-6-9-7-4-3-5-8-9;1-4-6-7(3)5-2;4*1-4(2)3;;/h2-8H,1H2;6-7H,5H2,1-3H3;4*4H,1H2,2-3H3;;. The molecule has 2 atom stereocenters. The van der Waals surface area contributed by atoms with Crippen LogP contribution in [-0.4, -0.2) is 28.3 Å². The van der Waals surface area contributed by atoms with Crippen molar-refractivity contribution in [2.24, 2.45) is 29.6 Å². The predicted molar refractivity (Wildman–Crippen MR) is 163 cm³/mol. The highest BCUT2D eigenvalue weighted by atomic mass is 27.2. The first kappa shape index (κ1) is 33.8. The molecule has 0 saturated carbocycles. The van der Waals surface area contributed by atoms with Gasteiger partial charge in [-0.15, -0.1) is 11.0 Å². The fourth-order valence-corrected chi connectivity index (χ4v) is 13.4. The summed E-state index contributed by atoms with van der Waals surface area (Å²) in [5.74, 6) is 4.14. The maximum absolute atomic E-state index is 4.11. The third-order valence-corrected chi connectivity index (χ3v) is 16.1. The van der Waals surface area contributed by atoms with Crippen molar-refractivity contribution in [1.82, 2.24) is 0 Å². The first-order valence-corrected chi connectivity index (χ1v) is 18.8. The molecule has 0 fully saturated rings. The molecule has 0 aliphatic carbocycles. The van der Waals surface area contributed by atoms with Crippen LogP contribution in [0.4, 0.5) is 0 Å². The van der Waals surface area contributed by atoms with Crippen molar-refractivity contribution in [2.45, 2.75) is 108 Å². The van der Waals surface area contributed by atoms with E-state index in [-0.39, 0.29) is 0 Å². The number of benzene rings is 1. The molecule has 0 aliphatic rings. The van der Waals surface area contributed by atoms with E-state index in [0.717, 1.165) is 29.6 Å². The molecule has 2 heteroatoms. The van der Waals surface area contributed by atoms with Gasteiger partial charge in [-0.1, -0.05) is 175 Å². The largest absolute Gasteiger partial charge is 0.298 e. The van der Waals surface area contributed by atoms with Crippen LogP contribution in [0, 0.1) is 29.6 Å². The number of allylic oxidation sites excluding steroid dienone is 3. The van der Waals surface area contributed by atoms with Gasteiger partial charge in [-0.3, -0.25) is 0 Å². The van der Waals surface area contributed by atoms with Crippen LogP contribution in [-0.2, 0) is 0 Å². The Morgan fingerprint density at radius 3 is 1.56 bits per heavy atom. The van der Waals surface area contributed by atoms with Gasteiger partial charge in [-0.05, 0) is 10.7 Å². The maximum atomic E-state index is 4.11. The first-order chi connectivity index (χ1) is 15.9. The summed E-state index contributed by atoms with van der Waals surface area (Å²) < 4.78 is 2.40. The third-order valence-electron chi connectivity index (χ3n) is 6.84. The van der Waals surface area contributed by atoms with E-state index >= 15 is 0 Å². The van der Waals surface area contributed by atoms with E-state index in [1.807, 2.05) is 0 Å². The van der Waals surface area contributed by atoms with Crippen molar-refractivity contribution in [2.75, 3.05) is 0 Å². The zero-order valence-corrected chi connectivity index (χ0v) is 27.2. The lowest BCUT2D eigenvalue weighted by Crippen LogP contribution is -2.25. The molecule has 0 aliphatic heterocycles. The fourth-order valence-electron chi connectivity index (χ4n) is 5.19. The van der Waals surface area contributed by atoms with Gasteiger partial charge in [-0.25, -0.2) is 0 Å². The molecule has 1 aromatic rings. The molecular formula is C32H58Al2. The number of hydrogen-bond donors (Lipinski definition) is 0. The van der Waals surface area contributed by atoms with Crippen LogP contribution < -0.4 is 0 Å². The summed E-state index contributed by atoms with van der Waals surface area (Å²) in [7, 11) is 0. The van der Waals surface area contributed by atoms with Gasteiger partial charge in [0, 0.05) is 0 Å². The Labute approximate surface area is 224 Å². The molecule has 0 amide bonds. The van der Waals surface area contributed by atoms with E-state index in [0.29, 0.717) is 4.78 Å². The quantitative estimate of drug-likeness (QED) is 0.177. The van der Waals surface area contributed by atoms with Crippen molar-refractivity contribution in [3.05, 3.63) is 59.1 Å². The third kappa shape index (κ3) is 15.7. The van der Waals surface area contributed by atoms with Crippen LogP contribution in [0.3, 0.4) is 0 Å². The van der Waals surface area contributed by atoms with Gasteiger partial charge in [0.2, 0.25) is 0 Å². The molecule has 34 heavy (non-hydrogen) atoms. The smallest absolute Gasteiger partial charge is 0.137 e. The van der Waals surface area contributed by atoms with Gasteiger partial charge in [0.25, 0.3) is 28.3 Å². The minimum Gasteiger partial charge on any atom is -0.137 e. The second-order valence-electron chi connectivity index (χ2n) is 12.4. The average Bonchev–Trinajstić information content (AvgIpc) is 2.73. The van der Waals surface area contributed by atoms with Gasteiger partial charge >= 0.3 is 0 Å². The monoisotopic (exact) mass is 496 g/mol. The zero-order chi connectivity index (χ0) is 26.3. The SMILES string of the molecule is C=C[CH](c1ccccc1)[Al]([CH2]C(C)C)[CH2]C(C)C.CCC(C)C=[C](C)[Al]([CH2]C(C)C)[CH2]C(C)C. The summed E-state index contributed by atoms with van der Waals surface area (Å²) in [6, 6.07) is 11.0. The lowest BCUT2D eigenvalue weighted by molar-refractivity contribution is 0.683. The van der Waals surface area contributed by atoms with Crippen LogP contribution >= 0.6 is 0 Å². The van der Waals surface area contributed by atoms with Crippen LogP contribution in [0.1, 0.15) is 92.9 Å². The van der Waals surface area contributed by atoms with Gasteiger partial charge in [0.1, 0.15) is 0 Å². The Morgan fingerprint density at radius 2 is 1.21 bits per heavy atom. The Morgan fingerprint density at radius 1 is 0.765 bits per heavy atom. The normalized spacial score (nSPS) is 13.7. The predicted octanol–water partition coefficient (Wildman–Crippen LogP) is 10.6. The Kier molecular flexibility index (Phi) is 18.8.